The minimum absolute atomic E-state index is 0.188. The van der Waals surface area contributed by atoms with Gasteiger partial charge in [0.2, 0.25) is 0 Å². The van der Waals surface area contributed by atoms with E-state index in [2.05, 4.69) is 25.7 Å². The second-order valence-corrected chi connectivity index (χ2v) is 4.40. The van der Waals surface area contributed by atoms with Gasteiger partial charge >= 0.3 is 5.97 Å². The summed E-state index contributed by atoms with van der Waals surface area (Å²) in [6, 6.07) is 0. The zero-order chi connectivity index (χ0) is 12.0. The molecule has 2 heterocycles. The highest BCUT2D eigenvalue weighted by atomic mass is 32.1. The molecular formula is C6H8N6O2S2. The second-order valence-electron chi connectivity index (χ2n) is 2.53. The van der Waals surface area contributed by atoms with Crippen LogP contribution in [0.15, 0.2) is 6.33 Å². The highest BCUT2D eigenvalue weighted by Gasteiger charge is 1.97. The third-order valence-corrected chi connectivity index (χ3v) is 2.24. The maximum absolute atomic E-state index is 9.95. The highest BCUT2D eigenvalue weighted by molar-refractivity contribution is 7.73. The van der Waals surface area contributed by atoms with Crippen LogP contribution in [0.1, 0.15) is 5.01 Å². The zero-order valence-corrected chi connectivity index (χ0v) is 9.83. The number of rotatable bonds is 2. The number of tetrazole rings is 1. The average molecular weight is 260 g/mol. The van der Waals surface area contributed by atoms with E-state index < -0.39 is 5.97 Å². The van der Waals surface area contributed by atoms with Crippen molar-refractivity contribution in [1.29, 1.82) is 0 Å². The first-order valence-corrected chi connectivity index (χ1v) is 5.25. The summed E-state index contributed by atoms with van der Waals surface area (Å²) in [5.74, 6) is -0.956. The van der Waals surface area contributed by atoms with Gasteiger partial charge in [-0.3, -0.25) is 9.89 Å². The maximum atomic E-state index is 9.95. The Bertz CT molecular complexity index is 489. The molecule has 0 aliphatic carbocycles. The Morgan fingerprint density at radius 3 is 2.81 bits per heavy atom. The Labute approximate surface area is 98.9 Å². The lowest BCUT2D eigenvalue weighted by atomic mass is 10.7. The quantitative estimate of drug-likeness (QED) is 0.745. The predicted octanol–water partition coefficient (Wildman–Crippen LogP) is 0.267. The van der Waals surface area contributed by atoms with E-state index in [0.29, 0.717) is 0 Å². The van der Waals surface area contributed by atoms with E-state index in [-0.39, 0.29) is 6.54 Å². The Balaban J connectivity index is 0.000000165. The molecule has 8 nitrogen and oxygen atoms in total. The Morgan fingerprint density at radius 2 is 2.50 bits per heavy atom. The molecule has 0 saturated carbocycles. The molecule has 0 fully saturated rings. The summed E-state index contributed by atoms with van der Waals surface area (Å²) in [5, 5.41) is 25.4. The summed E-state index contributed by atoms with van der Waals surface area (Å²) in [4.78, 5) is 9.95. The molecule has 0 saturated heterocycles. The fourth-order valence-electron chi connectivity index (χ4n) is 0.695. The molecule has 10 heteroatoms. The Hall–Kier alpha value is -1.68. The molecule has 2 rings (SSSR count). The number of aromatic nitrogens is 6. The first kappa shape index (κ1) is 12.4. The van der Waals surface area contributed by atoms with Crippen molar-refractivity contribution in [2.45, 2.75) is 13.5 Å². The van der Waals surface area contributed by atoms with Gasteiger partial charge in [0.05, 0.1) is 0 Å². The molecule has 0 spiro atoms. The third-order valence-electron chi connectivity index (χ3n) is 1.23. The minimum Gasteiger partial charge on any atom is -0.480 e. The van der Waals surface area contributed by atoms with E-state index in [0.717, 1.165) is 13.6 Å². The molecular weight excluding hydrogens is 252 g/mol. The number of nitrogens with zero attached hydrogens (tertiary/aromatic N) is 5. The van der Waals surface area contributed by atoms with Crippen LogP contribution >= 0.6 is 23.6 Å². The van der Waals surface area contributed by atoms with Gasteiger partial charge in [-0.1, -0.05) is 11.3 Å². The van der Waals surface area contributed by atoms with Crippen molar-refractivity contribution in [3.63, 3.8) is 0 Å². The summed E-state index contributed by atoms with van der Waals surface area (Å²) >= 11 is 6.22. The van der Waals surface area contributed by atoms with Gasteiger partial charge in [0.25, 0.3) is 0 Å². The van der Waals surface area contributed by atoms with Gasteiger partial charge in [0.15, 0.2) is 3.95 Å². The number of H-pyrrole nitrogens is 1. The summed E-state index contributed by atoms with van der Waals surface area (Å²) in [6.07, 6.45) is 1.24. The van der Waals surface area contributed by atoms with Crippen LogP contribution in [0.5, 0.6) is 0 Å². The van der Waals surface area contributed by atoms with E-state index in [4.69, 9.17) is 17.3 Å². The molecule has 0 aliphatic heterocycles. The monoisotopic (exact) mass is 260 g/mol. The van der Waals surface area contributed by atoms with Crippen molar-refractivity contribution in [2.24, 2.45) is 0 Å². The van der Waals surface area contributed by atoms with E-state index in [1.807, 2.05) is 6.92 Å². The van der Waals surface area contributed by atoms with E-state index in [9.17, 15) is 4.79 Å². The van der Waals surface area contributed by atoms with Crippen LogP contribution in [-0.2, 0) is 11.3 Å². The van der Waals surface area contributed by atoms with Crippen LogP contribution < -0.4 is 0 Å². The summed E-state index contributed by atoms with van der Waals surface area (Å²) < 4.78 is 1.88. The minimum atomic E-state index is -0.956. The zero-order valence-electron chi connectivity index (χ0n) is 8.19. The fraction of sp³-hybridized carbons (Fsp3) is 0.333. The van der Waals surface area contributed by atoms with E-state index in [1.165, 1.54) is 17.7 Å². The van der Waals surface area contributed by atoms with Gasteiger partial charge in [-0.2, -0.15) is 5.10 Å². The van der Waals surface area contributed by atoms with Gasteiger partial charge in [0.1, 0.15) is 17.9 Å². The fourth-order valence-corrected chi connectivity index (χ4v) is 1.55. The number of carboxylic acid groups (broad SMARTS) is 1. The van der Waals surface area contributed by atoms with Gasteiger partial charge in [0, 0.05) is 0 Å². The average Bonchev–Trinajstić information content (AvgIpc) is 2.78. The molecule has 0 radical (unpaired) electrons. The second kappa shape index (κ2) is 6.02. The van der Waals surface area contributed by atoms with Crippen LogP contribution in [0.25, 0.3) is 0 Å². The first-order chi connectivity index (χ1) is 7.58. The van der Waals surface area contributed by atoms with E-state index in [1.54, 1.807) is 0 Å². The lowest BCUT2D eigenvalue weighted by molar-refractivity contribution is -0.137. The molecule has 0 aliphatic rings. The van der Waals surface area contributed by atoms with Gasteiger partial charge in [-0.25, -0.2) is 4.68 Å². The number of carbonyl (C=O) groups is 1. The molecule has 0 bridgehead atoms. The smallest absolute Gasteiger partial charge is 0.325 e. The Morgan fingerprint density at radius 1 is 1.75 bits per heavy atom. The van der Waals surface area contributed by atoms with Crippen LogP contribution in [0, 0.1) is 10.9 Å². The number of hydrogen-bond donors (Lipinski definition) is 2. The highest BCUT2D eigenvalue weighted by Crippen LogP contribution is 1.99. The molecule has 0 amide bonds. The van der Waals surface area contributed by atoms with Crippen molar-refractivity contribution in [2.75, 3.05) is 0 Å². The summed E-state index contributed by atoms with van der Waals surface area (Å²) in [7, 11) is 0. The van der Waals surface area contributed by atoms with Crippen LogP contribution in [0.2, 0.25) is 0 Å². The first-order valence-electron chi connectivity index (χ1n) is 4.02. The van der Waals surface area contributed by atoms with Crippen molar-refractivity contribution in [3.8, 4) is 0 Å². The van der Waals surface area contributed by atoms with Gasteiger partial charge in [-0.15, -0.1) is 5.10 Å². The maximum Gasteiger partial charge on any atom is 0.325 e. The number of aliphatic carboxylic acids is 1. The molecule has 86 valence electrons. The standard InChI is InChI=1S/C3H4N4O2.C3H4N2S2/c8-3(9)1-7-2-4-5-6-7;1-2-4-5-3(6)7-2/h2H,1H2,(H,8,9);1H3,(H,5,6). The summed E-state index contributed by atoms with van der Waals surface area (Å²) in [5.41, 5.74) is 0. The molecule has 2 N–H and O–H groups in total. The van der Waals surface area contributed by atoms with Crippen molar-refractivity contribution in [3.05, 3.63) is 15.3 Å². The predicted molar refractivity (Wildman–Crippen MR) is 57.5 cm³/mol. The summed E-state index contributed by atoms with van der Waals surface area (Å²) in [6.45, 7) is 1.73. The van der Waals surface area contributed by atoms with Crippen molar-refractivity contribution >= 4 is 29.5 Å². The van der Waals surface area contributed by atoms with Crippen LogP contribution in [-0.4, -0.2) is 41.5 Å². The normalized spacial score (nSPS) is 9.31. The van der Waals surface area contributed by atoms with Crippen molar-refractivity contribution < 1.29 is 9.90 Å². The molecule has 0 atom stereocenters. The number of aromatic amines is 1. The molecule has 2 aromatic heterocycles. The molecule has 16 heavy (non-hydrogen) atoms. The number of carboxylic acids is 1. The Kier molecular flexibility index (Phi) is 4.66. The number of aryl methyl sites for hydroxylation is 1. The largest absolute Gasteiger partial charge is 0.480 e. The topological polar surface area (TPSA) is 110 Å². The molecule has 0 aromatic carbocycles. The van der Waals surface area contributed by atoms with Crippen molar-refractivity contribution in [1.82, 2.24) is 30.4 Å². The number of nitrogens with one attached hydrogen (secondary N) is 1. The van der Waals surface area contributed by atoms with Gasteiger partial charge in [-0.05, 0) is 29.6 Å². The third kappa shape index (κ3) is 4.70. The van der Waals surface area contributed by atoms with Crippen LogP contribution in [0.3, 0.4) is 0 Å². The number of hydrogen-bond acceptors (Lipinski definition) is 7. The SMILES string of the molecule is Cc1n[nH]c(=S)s1.O=C(O)Cn1cnnn1. The van der Waals surface area contributed by atoms with E-state index >= 15 is 0 Å². The lowest BCUT2D eigenvalue weighted by Gasteiger charge is -1.88. The molecule has 0 unspecified atom stereocenters. The molecule has 2 aromatic rings. The lowest BCUT2D eigenvalue weighted by Crippen LogP contribution is -2.08. The van der Waals surface area contributed by atoms with Gasteiger partial charge < -0.3 is 5.11 Å². The van der Waals surface area contributed by atoms with Crippen LogP contribution in [0.4, 0.5) is 0 Å².